The molecule has 4 aliphatic heterocycles. The van der Waals surface area contributed by atoms with Gasteiger partial charge in [0, 0.05) is 42.0 Å². The molecular weight excluding hydrogens is 400 g/mol. The van der Waals surface area contributed by atoms with Crippen molar-refractivity contribution < 1.29 is 9.31 Å². The predicted molar refractivity (Wildman–Crippen MR) is 124 cm³/mol. The monoisotopic (exact) mass is 426 g/mol. The molecule has 1 aromatic carbocycles. The third-order valence-corrected chi connectivity index (χ3v) is 6.85. The summed E-state index contributed by atoms with van der Waals surface area (Å²) in [4.78, 5) is 12.8. The van der Waals surface area contributed by atoms with Crippen LogP contribution in [0.25, 0.3) is 11.1 Å². The van der Waals surface area contributed by atoms with Crippen LogP contribution in [0.2, 0.25) is 0 Å². The minimum absolute atomic E-state index is 0.154. The fourth-order valence-electron chi connectivity index (χ4n) is 5.31. The smallest absolute Gasteiger partial charge is 0.259 e. The zero-order valence-corrected chi connectivity index (χ0v) is 18.0. The molecule has 1 saturated heterocycles. The molecule has 0 spiro atoms. The molecule has 0 radical (unpaired) electrons. The summed E-state index contributed by atoms with van der Waals surface area (Å²) in [5.74, 6) is 2.09. The maximum atomic E-state index is 12.8. The Hall–Kier alpha value is -3.38. The summed E-state index contributed by atoms with van der Waals surface area (Å²) in [5, 5.41) is 8.66. The van der Waals surface area contributed by atoms with E-state index < -0.39 is 0 Å². The Morgan fingerprint density at radius 2 is 2.09 bits per heavy atom. The lowest BCUT2D eigenvalue weighted by atomic mass is 9.82. The highest BCUT2D eigenvalue weighted by Gasteiger charge is 2.40. The molecule has 4 aliphatic rings. The Morgan fingerprint density at radius 1 is 1.22 bits per heavy atom. The van der Waals surface area contributed by atoms with Gasteiger partial charge in [0.2, 0.25) is 0 Å². The minimum atomic E-state index is -0.154. The number of nitrogens with one attached hydrogen (secondary N) is 1. The van der Waals surface area contributed by atoms with Crippen LogP contribution in [-0.4, -0.2) is 27.9 Å². The first-order valence-corrected chi connectivity index (χ1v) is 11.3. The molecule has 6 heteroatoms. The average Bonchev–Trinajstić information content (AvgIpc) is 3.10. The molecule has 2 bridgehead atoms. The van der Waals surface area contributed by atoms with E-state index in [9.17, 15) is 4.79 Å². The third-order valence-electron chi connectivity index (χ3n) is 6.85. The van der Waals surface area contributed by atoms with Crippen LogP contribution in [-0.2, 0) is 6.61 Å². The number of allylic oxidation sites excluding steroid dienone is 1. The zero-order chi connectivity index (χ0) is 21.7. The lowest BCUT2D eigenvalue weighted by Crippen LogP contribution is -2.47. The highest BCUT2D eigenvalue weighted by Crippen LogP contribution is 2.46. The Morgan fingerprint density at radius 3 is 2.94 bits per heavy atom. The first-order valence-electron chi connectivity index (χ1n) is 11.3. The van der Waals surface area contributed by atoms with Crippen LogP contribution >= 0.6 is 0 Å². The molecule has 6 nitrogen and oxygen atoms in total. The fraction of sp³-hybridized carbons (Fsp3) is 0.308. The first-order chi connectivity index (χ1) is 15.7. The van der Waals surface area contributed by atoms with Gasteiger partial charge in [-0.1, -0.05) is 30.3 Å². The molecule has 2 aromatic rings. The molecule has 162 valence electrons. The Balaban J connectivity index is 1.20. The van der Waals surface area contributed by atoms with Crippen molar-refractivity contribution in [3.05, 3.63) is 98.6 Å². The summed E-state index contributed by atoms with van der Waals surface area (Å²) in [6, 6.07) is 14.2. The van der Waals surface area contributed by atoms with Gasteiger partial charge in [0.05, 0.1) is 0 Å². The maximum Gasteiger partial charge on any atom is 0.259 e. The number of hydrogen-bond donors (Lipinski definition) is 1. The second-order valence-electron chi connectivity index (χ2n) is 8.86. The van der Waals surface area contributed by atoms with E-state index in [2.05, 4.69) is 12.0 Å². The van der Waals surface area contributed by atoms with Crippen molar-refractivity contribution in [2.24, 2.45) is 0 Å². The van der Waals surface area contributed by atoms with E-state index >= 15 is 0 Å². The zero-order valence-electron chi connectivity index (χ0n) is 18.0. The molecule has 2 unspecified atom stereocenters. The van der Waals surface area contributed by atoms with E-state index in [0.29, 0.717) is 30.3 Å². The SMILES string of the molecule is C=[N+]1C2=C(C3=C1[N-]C(n1ccc(OCc4ccccc4)cc1=O)=CC3)C1CCCC(C2)N1. The molecule has 1 N–H and O–H groups in total. The van der Waals surface area contributed by atoms with Crippen molar-refractivity contribution in [1.29, 1.82) is 0 Å². The number of pyridine rings is 1. The molecule has 6 rings (SSSR count). The second-order valence-corrected chi connectivity index (χ2v) is 8.86. The summed E-state index contributed by atoms with van der Waals surface area (Å²) in [6.07, 6.45) is 9.21. The van der Waals surface area contributed by atoms with E-state index in [1.54, 1.807) is 10.8 Å². The fourth-order valence-corrected chi connectivity index (χ4v) is 5.31. The second kappa shape index (κ2) is 7.64. The molecule has 32 heavy (non-hydrogen) atoms. The van der Waals surface area contributed by atoms with Crippen LogP contribution < -0.4 is 15.6 Å². The number of fused-ring (bicyclic) bond motifs is 4. The van der Waals surface area contributed by atoms with E-state index in [1.807, 2.05) is 47.0 Å². The highest BCUT2D eigenvalue weighted by molar-refractivity contribution is 5.69. The number of aromatic nitrogens is 1. The highest BCUT2D eigenvalue weighted by atomic mass is 16.5. The van der Waals surface area contributed by atoms with Crippen molar-refractivity contribution in [3.8, 4) is 5.75 Å². The topological polar surface area (TPSA) is 60.4 Å². The number of piperidine rings is 1. The van der Waals surface area contributed by atoms with Gasteiger partial charge < -0.3 is 14.6 Å². The van der Waals surface area contributed by atoms with E-state index in [1.165, 1.54) is 42.2 Å². The van der Waals surface area contributed by atoms with Crippen molar-refractivity contribution in [2.45, 2.75) is 50.8 Å². The Bertz CT molecular complexity index is 1250. The molecule has 5 heterocycles. The van der Waals surface area contributed by atoms with Gasteiger partial charge in [-0.25, -0.2) is 5.32 Å². The predicted octanol–water partition coefficient (Wildman–Crippen LogP) is 4.11. The van der Waals surface area contributed by atoms with Gasteiger partial charge in [0.25, 0.3) is 5.56 Å². The number of benzene rings is 1. The summed E-state index contributed by atoms with van der Waals surface area (Å²) < 4.78 is 9.39. The van der Waals surface area contributed by atoms with Crippen LogP contribution in [0.1, 0.15) is 37.7 Å². The third kappa shape index (κ3) is 3.22. The Kier molecular flexibility index (Phi) is 4.61. The normalized spacial score (nSPS) is 24.0. The van der Waals surface area contributed by atoms with Crippen LogP contribution in [0.15, 0.2) is 82.2 Å². The lowest BCUT2D eigenvalue weighted by Gasteiger charge is -2.38. The lowest BCUT2D eigenvalue weighted by molar-refractivity contribution is -0.409. The summed E-state index contributed by atoms with van der Waals surface area (Å²) in [7, 11) is 0. The van der Waals surface area contributed by atoms with Crippen molar-refractivity contribution in [2.75, 3.05) is 0 Å². The minimum Gasteiger partial charge on any atom is -0.489 e. The van der Waals surface area contributed by atoms with Crippen molar-refractivity contribution in [1.82, 2.24) is 9.88 Å². The number of ether oxygens (including phenoxy) is 1. The summed E-state index contributed by atoms with van der Waals surface area (Å²) in [5.41, 5.74) is 4.86. The molecule has 0 saturated carbocycles. The van der Waals surface area contributed by atoms with Crippen LogP contribution in [0, 0.1) is 0 Å². The summed E-state index contributed by atoms with van der Waals surface area (Å²) in [6.45, 7) is 4.74. The molecule has 0 amide bonds. The molecule has 0 aliphatic carbocycles. The quantitative estimate of drug-likeness (QED) is 0.749. The van der Waals surface area contributed by atoms with Gasteiger partial charge in [-0.3, -0.25) is 9.36 Å². The Labute approximate surface area is 187 Å². The van der Waals surface area contributed by atoms with Gasteiger partial charge in [0.1, 0.15) is 24.0 Å². The number of nitrogens with zero attached hydrogens (tertiary/aromatic N) is 3. The van der Waals surface area contributed by atoms with Crippen molar-refractivity contribution >= 4 is 12.5 Å². The molecule has 1 aromatic heterocycles. The number of hydrogen-bond acceptors (Lipinski definition) is 3. The van der Waals surface area contributed by atoms with E-state index in [-0.39, 0.29) is 5.56 Å². The number of rotatable bonds is 4. The average molecular weight is 427 g/mol. The van der Waals surface area contributed by atoms with Gasteiger partial charge in [0.15, 0.2) is 0 Å². The molecular formula is C26H26N4O2. The van der Waals surface area contributed by atoms with E-state index in [0.717, 1.165) is 24.2 Å². The standard InChI is InChI=1S/C26H26N4O2/c1-29-22-14-18-8-5-9-21(27-18)25(22)20-10-11-23(28-26(20)29)30-13-12-19(15-24(30)31)32-16-17-6-3-2-4-7-17/h2-4,6-7,11-13,15,18,21,27H,1,5,8-10,14,16H2. The van der Waals surface area contributed by atoms with Crippen LogP contribution in [0.4, 0.5) is 0 Å². The molecule has 2 atom stereocenters. The molecule has 1 fully saturated rings. The van der Waals surface area contributed by atoms with Gasteiger partial charge in [-0.05, 0) is 55.7 Å². The van der Waals surface area contributed by atoms with Gasteiger partial charge in [-0.15, -0.1) is 0 Å². The first kappa shape index (κ1) is 19.3. The van der Waals surface area contributed by atoms with Crippen LogP contribution in [0.3, 0.4) is 0 Å². The van der Waals surface area contributed by atoms with Gasteiger partial charge in [-0.2, -0.15) is 0 Å². The van der Waals surface area contributed by atoms with Gasteiger partial charge >= 0.3 is 0 Å². The van der Waals surface area contributed by atoms with Crippen molar-refractivity contribution in [3.63, 3.8) is 0 Å². The summed E-state index contributed by atoms with van der Waals surface area (Å²) >= 11 is 0. The van der Waals surface area contributed by atoms with E-state index in [4.69, 9.17) is 10.1 Å². The largest absolute Gasteiger partial charge is 0.489 e. The van der Waals surface area contributed by atoms with Crippen LogP contribution in [0.5, 0.6) is 5.75 Å². The maximum absolute atomic E-state index is 12.8.